The highest BCUT2D eigenvalue weighted by Crippen LogP contribution is 2.13. The van der Waals surface area contributed by atoms with Gasteiger partial charge in [0.2, 0.25) is 0 Å². The summed E-state index contributed by atoms with van der Waals surface area (Å²) in [6.45, 7) is 5.98. The summed E-state index contributed by atoms with van der Waals surface area (Å²) in [6.07, 6.45) is 1.02. The van der Waals surface area contributed by atoms with Crippen LogP contribution in [0.2, 0.25) is 0 Å². The van der Waals surface area contributed by atoms with Crippen LogP contribution in [0.25, 0.3) is 0 Å². The van der Waals surface area contributed by atoms with Crippen molar-refractivity contribution in [1.82, 2.24) is 9.78 Å². The number of hydrogen-bond acceptors (Lipinski definition) is 3. The van der Waals surface area contributed by atoms with E-state index in [2.05, 4.69) is 29.7 Å². The van der Waals surface area contributed by atoms with Crippen molar-refractivity contribution in [3.05, 3.63) is 17.5 Å². The third-order valence-corrected chi connectivity index (χ3v) is 3.11. The lowest BCUT2D eigenvalue weighted by molar-refractivity contribution is 0.628. The van der Waals surface area contributed by atoms with Gasteiger partial charge in [-0.05, 0) is 19.4 Å². The smallest absolute Gasteiger partial charge is 0.0625 e. The molecule has 0 aliphatic rings. The Balaban J connectivity index is 2.59. The van der Waals surface area contributed by atoms with Gasteiger partial charge in [-0.1, -0.05) is 6.92 Å². The monoisotopic (exact) mass is 213 g/mol. The van der Waals surface area contributed by atoms with Gasteiger partial charge in [0.1, 0.15) is 0 Å². The van der Waals surface area contributed by atoms with Crippen molar-refractivity contribution in [2.45, 2.75) is 32.6 Å². The maximum absolute atomic E-state index is 5.45. The highest BCUT2D eigenvalue weighted by atomic mass is 32.2. The van der Waals surface area contributed by atoms with E-state index in [1.54, 1.807) is 0 Å². The Hall–Kier alpha value is -0.480. The minimum absolute atomic E-state index is 0.756. The fraction of sp³-hybridized carbons (Fsp3) is 0.700. The molecular weight excluding hydrogens is 194 g/mol. The molecule has 0 aromatic carbocycles. The zero-order valence-electron chi connectivity index (χ0n) is 8.99. The molecule has 0 bridgehead atoms. The number of nitrogens with zero attached hydrogens (tertiary/aromatic N) is 2. The average molecular weight is 213 g/mol. The minimum atomic E-state index is 0.756. The molecule has 0 saturated heterocycles. The molecule has 3 nitrogen and oxygen atoms in total. The van der Waals surface area contributed by atoms with Crippen LogP contribution < -0.4 is 5.73 Å². The molecule has 0 amide bonds. The van der Waals surface area contributed by atoms with Crippen LogP contribution >= 0.6 is 11.8 Å². The van der Waals surface area contributed by atoms with E-state index in [4.69, 9.17) is 5.73 Å². The maximum Gasteiger partial charge on any atom is 0.0625 e. The van der Waals surface area contributed by atoms with Crippen LogP contribution in [-0.2, 0) is 18.7 Å². The number of hydrogen-bond donors (Lipinski definition) is 1. The van der Waals surface area contributed by atoms with E-state index in [0.717, 1.165) is 31.0 Å². The molecular formula is C10H19N3S. The van der Waals surface area contributed by atoms with Crippen molar-refractivity contribution in [2.75, 3.05) is 12.3 Å². The quantitative estimate of drug-likeness (QED) is 0.731. The van der Waals surface area contributed by atoms with E-state index in [1.165, 1.54) is 11.4 Å². The van der Waals surface area contributed by atoms with Crippen LogP contribution in [0, 0.1) is 0 Å². The Kier molecular flexibility index (Phi) is 5.04. The first-order valence-corrected chi connectivity index (χ1v) is 6.30. The van der Waals surface area contributed by atoms with Gasteiger partial charge < -0.3 is 5.73 Å². The number of aryl methyl sites for hydroxylation is 2. The molecule has 14 heavy (non-hydrogen) atoms. The van der Waals surface area contributed by atoms with Gasteiger partial charge in [0.05, 0.1) is 5.69 Å². The van der Waals surface area contributed by atoms with E-state index in [0.29, 0.717) is 0 Å². The summed E-state index contributed by atoms with van der Waals surface area (Å²) in [4.78, 5) is 0. The van der Waals surface area contributed by atoms with Crippen molar-refractivity contribution >= 4 is 11.8 Å². The number of aromatic nitrogens is 2. The molecule has 0 aliphatic carbocycles. The van der Waals surface area contributed by atoms with Crippen LogP contribution in [0.4, 0.5) is 0 Å². The molecule has 0 atom stereocenters. The van der Waals surface area contributed by atoms with Crippen molar-refractivity contribution in [1.29, 1.82) is 0 Å². The van der Waals surface area contributed by atoms with Crippen molar-refractivity contribution < 1.29 is 0 Å². The van der Waals surface area contributed by atoms with Crippen molar-refractivity contribution in [3.63, 3.8) is 0 Å². The van der Waals surface area contributed by atoms with Crippen LogP contribution in [0.5, 0.6) is 0 Å². The minimum Gasteiger partial charge on any atom is -0.330 e. The van der Waals surface area contributed by atoms with Gasteiger partial charge in [-0.15, -0.1) is 0 Å². The van der Waals surface area contributed by atoms with Gasteiger partial charge in [0.25, 0.3) is 0 Å². The first-order valence-electron chi connectivity index (χ1n) is 5.15. The Labute approximate surface area is 90.1 Å². The molecule has 0 saturated carbocycles. The molecule has 1 aromatic rings. The van der Waals surface area contributed by atoms with E-state index in [9.17, 15) is 0 Å². The van der Waals surface area contributed by atoms with E-state index < -0.39 is 0 Å². The zero-order valence-corrected chi connectivity index (χ0v) is 9.81. The lowest BCUT2D eigenvalue weighted by Gasteiger charge is -2.02. The van der Waals surface area contributed by atoms with Gasteiger partial charge in [-0.2, -0.15) is 16.9 Å². The standard InChI is InChI=1S/C10H19N3S/c1-3-9-7-10(8-14-6-5-11)13(4-2)12-9/h7H,3-6,8,11H2,1-2H3. The molecule has 4 heteroatoms. The Morgan fingerprint density at radius 1 is 1.50 bits per heavy atom. The van der Waals surface area contributed by atoms with Crippen molar-refractivity contribution in [2.24, 2.45) is 5.73 Å². The molecule has 0 fully saturated rings. The largest absolute Gasteiger partial charge is 0.330 e. The summed E-state index contributed by atoms with van der Waals surface area (Å²) < 4.78 is 2.09. The predicted octanol–water partition coefficient (Wildman–Crippen LogP) is 1.66. The SMILES string of the molecule is CCc1cc(CSCCN)n(CC)n1. The first kappa shape index (κ1) is 11.6. The fourth-order valence-corrected chi connectivity index (χ4v) is 2.09. The van der Waals surface area contributed by atoms with E-state index in [-0.39, 0.29) is 0 Å². The summed E-state index contributed by atoms with van der Waals surface area (Å²) in [5.41, 5.74) is 7.96. The van der Waals surface area contributed by atoms with Gasteiger partial charge in [-0.3, -0.25) is 4.68 Å². The number of nitrogens with two attached hydrogens (primary N) is 1. The molecule has 0 radical (unpaired) electrons. The third-order valence-electron chi connectivity index (χ3n) is 2.09. The topological polar surface area (TPSA) is 43.8 Å². The highest BCUT2D eigenvalue weighted by Gasteiger charge is 2.04. The predicted molar refractivity (Wildman–Crippen MR) is 62.5 cm³/mol. The summed E-state index contributed by atoms with van der Waals surface area (Å²) >= 11 is 1.87. The molecule has 0 spiro atoms. The molecule has 1 rings (SSSR count). The first-order chi connectivity index (χ1) is 6.81. The summed E-state index contributed by atoms with van der Waals surface area (Å²) in [6, 6.07) is 2.20. The molecule has 0 unspecified atom stereocenters. The molecule has 0 aliphatic heterocycles. The Morgan fingerprint density at radius 3 is 2.86 bits per heavy atom. The van der Waals surface area contributed by atoms with Crippen LogP contribution in [0.1, 0.15) is 25.2 Å². The summed E-state index contributed by atoms with van der Waals surface area (Å²) in [5, 5.41) is 4.50. The van der Waals surface area contributed by atoms with Gasteiger partial charge in [0, 0.05) is 30.3 Å². The lowest BCUT2D eigenvalue weighted by atomic mass is 10.3. The summed E-state index contributed by atoms with van der Waals surface area (Å²) in [5.74, 6) is 2.05. The van der Waals surface area contributed by atoms with Crippen molar-refractivity contribution in [3.8, 4) is 0 Å². The van der Waals surface area contributed by atoms with Gasteiger partial charge in [-0.25, -0.2) is 0 Å². The lowest BCUT2D eigenvalue weighted by Crippen LogP contribution is -2.04. The van der Waals surface area contributed by atoms with E-state index >= 15 is 0 Å². The molecule has 80 valence electrons. The second kappa shape index (κ2) is 6.09. The molecule has 1 heterocycles. The fourth-order valence-electron chi connectivity index (χ4n) is 1.34. The third kappa shape index (κ3) is 3.03. The van der Waals surface area contributed by atoms with Crippen LogP contribution in [0.15, 0.2) is 6.07 Å². The zero-order chi connectivity index (χ0) is 10.4. The Bertz CT molecular complexity index is 270. The number of thioether (sulfide) groups is 1. The second-order valence-electron chi connectivity index (χ2n) is 3.14. The number of rotatable bonds is 6. The average Bonchev–Trinajstić information content (AvgIpc) is 2.61. The normalized spacial score (nSPS) is 10.8. The van der Waals surface area contributed by atoms with E-state index in [1.807, 2.05) is 11.8 Å². The van der Waals surface area contributed by atoms with Gasteiger partial charge >= 0.3 is 0 Å². The Morgan fingerprint density at radius 2 is 2.29 bits per heavy atom. The summed E-state index contributed by atoms with van der Waals surface area (Å²) in [7, 11) is 0. The second-order valence-corrected chi connectivity index (χ2v) is 4.24. The molecule has 2 N–H and O–H groups in total. The highest BCUT2D eigenvalue weighted by molar-refractivity contribution is 7.98. The van der Waals surface area contributed by atoms with Crippen LogP contribution in [-0.4, -0.2) is 22.1 Å². The molecule has 1 aromatic heterocycles. The van der Waals surface area contributed by atoms with Crippen LogP contribution in [0.3, 0.4) is 0 Å². The maximum atomic E-state index is 5.45. The van der Waals surface area contributed by atoms with Gasteiger partial charge in [0.15, 0.2) is 0 Å².